The number of ether oxygens (including phenoxy) is 12. The standard InChI is InChI=1S/C65H106O31/c1-24(2)27-11-16-65(60(84)96-58-50(82)45(77)40(72)31(91-58)21-85-54-51(83)46(78)52(30(20-67)90-54)94-55-47(79)42(74)37(69)25(3)87-55)18-17-63(7)28(36(27)65)9-10-34-61(5)14-13-35(62(6,23-68)33(61)12-15-64(34,63)8)93-59-53(95-56-48(80)43(75)38(70)26(4)88-56)41(73)32(22-86-59)92-57-49(81)44(76)39(71)29(19-66)89-57/h25-59,66-83H,1,9-23H2,2-8H3/t25-,26-,27-,28+,29+,30+,31+,32-,33+,34+,35-,36+,37-,38-,39+,40+,41-,42+,43+,44-,45-,46+,47+,48+,49+,50+,51+,52+,53+,54+,55-,56-,57-,58-,59-,61-,62-,63+,64+,65-/m0/s1. The topological polar surface area (TPSA) is 492 Å². The molecule has 0 bridgehead atoms. The van der Waals surface area contributed by atoms with Gasteiger partial charge in [-0.25, -0.2) is 0 Å². The molecule has 18 N–H and O–H groups in total. The summed E-state index contributed by atoms with van der Waals surface area (Å²) in [5, 5.41) is 196. The van der Waals surface area contributed by atoms with E-state index in [9.17, 15) is 91.9 Å². The largest absolute Gasteiger partial charge is 0.432 e. The number of hydrogen-bond acceptors (Lipinski definition) is 31. The van der Waals surface area contributed by atoms with Gasteiger partial charge in [-0.2, -0.15) is 0 Å². The van der Waals surface area contributed by atoms with Crippen LogP contribution in [0.4, 0.5) is 0 Å². The van der Waals surface area contributed by atoms with Gasteiger partial charge in [0.05, 0.1) is 56.8 Å². The average molecular weight is 1380 g/mol. The first-order chi connectivity index (χ1) is 45.2. The van der Waals surface area contributed by atoms with E-state index in [4.69, 9.17) is 56.8 Å². The van der Waals surface area contributed by atoms with Crippen molar-refractivity contribution in [3.8, 4) is 0 Å². The molecule has 0 amide bonds. The summed E-state index contributed by atoms with van der Waals surface area (Å²) in [4.78, 5) is 15.3. The molecule has 31 heteroatoms. The SMILES string of the molecule is C=C(C)[C@@H]1CC[C@]2(C(=O)O[C@@H]3O[C@H](CO[C@@H]4O[C@H](CO)[C@@H](O[C@@H]5O[C@@H](C)[C@H](O)[C@@H](O)[C@H]5O)[C@H](O)[C@H]4O)[C@@H](O)[C@H](O)[C@H]3O)CC[C@]3(C)[C@H](CC[C@@H]4[C@@]5(C)CC[C@H](O[C@@H]6OC[C@H](O[C@@H]7O[C@H](CO)[C@@H](O)[C@H](O)[C@H]7O)[C@H](O)[C@H]6O[C@@H]6O[C@@H](C)[C@H](O)[C@@H](O)[C@H]6O)[C@@](C)(CO)[C@@H]5CC[C@]43C)[C@@H]12. The minimum absolute atomic E-state index is 0.0354. The molecule has 11 aliphatic rings. The van der Waals surface area contributed by atoms with Crippen LogP contribution in [0.3, 0.4) is 0 Å². The van der Waals surface area contributed by atoms with Crippen LogP contribution >= 0.6 is 0 Å². The van der Waals surface area contributed by atoms with Crippen LogP contribution in [-0.4, -0.2) is 315 Å². The van der Waals surface area contributed by atoms with Crippen LogP contribution < -0.4 is 0 Å². The lowest BCUT2D eigenvalue weighted by atomic mass is 9.32. The van der Waals surface area contributed by atoms with Crippen LogP contribution in [0.1, 0.15) is 113 Å². The maximum atomic E-state index is 15.3. The van der Waals surface area contributed by atoms with Gasteiger partial charge in [0.15, 0.2) is 31.5 Å². The van der Waals surface area contributed by atoms with E-state index in [-0.39, 0.29) is 47.0 Å². The number of allylic oxidation sites excluding steroid dienone is 1. The first-order valence-corrected chi connectivity index (χ1v) is 34.2. The summed E-state index contributed by atoms with van der Waals surface area (Å²) in [6.45, 7) is 15.3. The second kappa shape index (κ2) is 28.6. The Balaban J connectivity index is 0.776. The highest BCUT2D eigenvalue weighted by molar-refractivity contribution is 5.78. The van der Waals surface area contributed by atoms with Crippen LogP contribution in [0, 0.1) is 56.7 Å². The average Bonchev–Trinajstić information content (AvgIpc) is 1.14. The lowest BCUT2D eigenvalue weighted by Crippen LogP contribution is -2.68. The molecular weight excluding hydrogens is 1280 g/mol. The third-order valence-corrected chi connectivity index (χ3v) is 25.8. The molecule has 31 nitrogen and oxygen atoms in total. The minimum Gasteiger partial charge on any atom is -0.432 e. The number of rotatable bonds is 17. The van der Waals surface area contributed by atoms with Crippen LogP contribution in [-0.2, 0) is 61.6 Å². The fourth-order valence-electron chi connectivity index (χ4n) is 19.9. The van der Waals surface area contributed by atoms with E-state index in [0.717, 1.165) is 24.8 Å². The molecule has 11 fully saturated rings. The molecule has 0 aromatic heterocycles. The number of carbonyl (C=O) groups excluding carboxylic acids is 1. The van der Waals surface area contributed by atoms with E-state index in [1.165, 1.54) is 13.8 Å². The third-order valence-electron chi connectivity index (χ3n) is 25.8. The quantitative estimate of drug-likeness (QED) is 0.0369. The molecule has 5 saturated carbocycles. The summed E-state index contributed by atoms with van der Waals surface area (Å²) >= 11 is 0. The van der Waals surface area contributed by atoms with E-state index >= 15 is 4.79 Å². The lowest BCUT2D eigenvalue weighted by molar-refractivity contribution is -0.382. The van der Waals surface area contributed by atoms with E-state index in [1.807, 2.05) is 13.8 Å². The molecule has 6 saturated heterocycles. The summed E-state index contributed by atoms with van der Waals surface area (Å²) in [5.74, 6) is -1.10. The highest BCUT2D eigenvalue weighted by Crippen LogP contribution is 2.78. The molecule has 5 aliphatic carbocycles. The molecule has 552 valence electrons. The Bertz CT molecular complexity index is 2670. The number of aliphatic hydroxyl groups is 18. The van der Waals surface area contributed by atoms with Crippen molar-refractivity contribution in [1.82, 2.24) is 0 Å². The van der Waals surface area contributed by atoms with E-state index in [2.05, 4.69) is 27.4 Å². The summed E-state index contributed by atoms with van der Waals surface area (Å²) in [7, 11) is 0. The van der Waals surface area contributed by atoms with Crippen molar-refractivity contribution in [1.29, 1.82) is 0 Å². The van der Waals surface area contributed by atoms with Crippen molar-refractivity contribution < 1.29 is 154 Å². The first-order valence-electron chi connectivity index (χ1n) is 34.2. The van der Waals surface area contributed by atoms with Gasteiger partial charge in [-0.1, -0.05) is 39.8 Å². The second-order valence-electron chi connectivity index (χ2n) is 30.8. The summed E-state index contributed by atoms with van der Waals surface area (Å²) in [6, 6.07) is 0. The van der Waals surface area contributed by atoms with Gasteiger partial charge in [-0.05, 0) is 131 Å². The van der Waals surface area contributed by atoms with Crippen molar-refractivity contribution in [3.05, 3.63) is 12.2 Å². The van der Waals surface area contributed by atoms with Gasteiger partial charge in [0, 0.05) is 5.41 Å². The van der Waals surface area contributed by atoms with Crippen molar-refractivity contribution in [3.63, 3.8) is 0 Å². The molecule has 96 heavy (non-hydrogen) atoms. The van der Waals surface area contributed by atoms with Gasteiger partial charge < -0.3 is 149 Å². The highest BCUT2D eigenvalue weighted by Gasteiger charge is 2.73. The van der Waals surface area contributed by atoms with E-state index in [1.54, 1.807) is 0 Å². The van der Waals surface area contributed by atoms with Crippen molar-refractivity contribution in [2.45, 2.75) is 297 Å². The Labute approximate surface area is 556 Å². The zero-order valence-electron chi connectivity index (χ0n) is 55.4. The molecule has 6 heterocycles. The van der Waals surface area contributed by atoms with Crippen LogP contribution in [0.15, 0.2) is 12.2 Å². The van der Waals surface area contributed by atoms with Gasteiger partial charge in [0.2, 0.25) is 6.29 Å². The predicted octanol–water partition coefficient (Wildman–Crippen LogP) is -4.86. The lowest BCUT2D eigenvalue weighted by Gasteiger charge is -2.73. The fraction of sp³-hybridized carbons (Fsp3) is 0.954. The second-order valence-corrected chi connectivity index (χ2v) is 30.8. The van der Waals surface area contributed by atoms with Gasteiger partial charge in [0.25, 0.3) is 0 Å². The summed E-state index contributed by atoms with van der Waals surface area (Å²) in [5.41, 5.74) is -2.21. The number of hydrogen-bond donors (Lipinski definition) is 18. The molecule has 40 atom stereocenters. The zero-order chi connectivity index (χ0) is 70.0. The van der Waals surface area contributed by atoms with Gasteiger partial charge in [0.1, 0.15) is 128 Å². The maximum absolute atomic E-state index is 15.3. The Hall–Kier alpha value is -1.95. The maximum Gasteiger partial charge on any atom is 0.314 e. The highest BCUT2D eigenvalue weighted by atomic mass is 16.8. The number of esters is 1. The zero-order valence-corrected chi connectivity index (χ0v) is 55.4. The van der Waals surface area contributed by atoms with Crippen LogP contribution in [0.5, 0.6) is 0 Å². The number of aliphatic hydroxyl groups excluding tert-OH is 18. The van der Waals surface area contributed by atoms with Gasteiger partial charge in [-0.3, -0.25) is 4.79 Å². The van der Waals surface area contributed by atoms with Crippen molar-refractivity contribution in [2.75, 3.05) is 33.0 Å². The third kappa shape index (κ3) is 12.6. The molecule has 0 radical (unpaired) electrons. The van der Waals surface area contributed by atoms with E-state index in [0.29, 0.717) is 44.9 Å². The number of carbonyl (C=O) groups is 1. The monoisotopic (exact) mass is 1380 g/mol. The Morgan fingerprint density at radius 1 is 0.479 bits per heavy atom. The Morgan fingerprint density at radius 3 is 1.61 bits per heavy atom. The molecule has 0 aromatic rings. The van der Waals surface area contributed by atoms with Crippen molar-refractivity contribution >= 4 is 5.97 Å². The van der Waals surface area contributed by atoms with Crippen LogP contribution in [0.25, 0.3) is 0 Å². The Kier molecular flexibility index (Phi) is 22.4. The first kappa shape index (κ1) is 75.2. The predicted molar refractivity (Wildman–Crippen MR) is 321 cm³/mol. The molecular formula is C65H106O31. The van der Waals surface area contributed by atoms with Crippen LogP contribution in [0.2, 0.25) is 0 Å². The van der Waals surface area contributed by atoms with E-state index < -0.39 is 233 Å². The summed E-state index contributed by atoms with van der Waals surface area (Å²) < 4.78 is 71.8. The molecule has 11 rings (SSSR count). The molecule has 6 aliphatic heterocycles. The number of fused-ring (bicyclic) bond motifs is 7. The normalized spacial score (nSPS) is 56.0. The fourth-order valence-corrected chi connectivity index (χ4v) is 19.9. The smallest absolute Gasteiger partial charge is 0.314 e. The molecule has 0 unspecified atom stereocenters. The molecule has 0 spiro atoms. The van der Waals surface area contributed by atoms with Gasteiger partial charge >= 0.3 is 5.97 Å². The Morgan fingerprint density at radius 2 is 1.02 bits per heavy atom. The summed E-state index contributed by atoms with van der Waals surface area (Å²) in [6.07, 6.45) is -42.1. The van der Waals surface area contributed by atoms with Gasteiger partial charge in [-0.15, -0.1) is 0 Å². The van der Waals surface area contributed by atoms with Crippen molar-refractivity contribution in [2.24, 2.45) is 56.7 Å². The molecule has 0 aromatic carbocycles. The minimum atomic E-state index is -1.93.